The maximum absolute atomic E-state index is 9.67. The number of rotatable bonds is 8. The average Bonchev–Trinajstić information content (AvgIpc) is 3.37. The van der Waals surface area contributed by atoms with Gasteiger partial charge in [0.2, 0.25) is 0 Å². The molecule has 0 bridgehead atoms. The zero-order chi connectivity index (χ0) is 44.0. The molecular weight excluding hydrogens is 735 g/mol. The molecule has 0 fully saturated rings. The number of hydrogen-bond donors (Lipinski definition) is 0. The van der Waals surface area contributed by atoms with E-state index < -0.39 is 0 Å². The molecule has 1 heteroatoms. The predicted octanol–water partition coefficient (Wildman–Crippen LogP) is 17.0. The lowest BCUT2D eigenvalue weighted by Crippen LogP contribution is -2.09. The summed E-state index contributed by atoms with van der Waals surface area (Å²) in [7, 11) is 0. The van der Waals surface area contributed by atoms with E-state index in [1.807, 2.05) is 89.8 Å². The molecular formula is C60H41N. The van der Waals surface area contributed by atoms with E-state index in [0.29, 0.717) is 16.9 Å². The summed E-state index contributed by atoms with van der Waals surface area (Å²) in [6, 6.07) is 76.1. The van der Waals surface area contributed by atoms with Gasteiger partial charge in [0.1, 0.15) is 0 Å². The molecule has 0 saturated carbocycles. The lowest BCUT2D eigenvalue weighted by Gasteiger charge is -2.26. The third kappa shape index (κ3) is 6.93. The largest absolute Gasteiger partial charge is 0.311 e. The molecule has 0 radical (unpaired) electrons. The Kier molecular flexibility index (Phi) is 8.18. The van der Waals surface area contributed by atoms with Crippen molar-refractivity contribution in [1.82, 2.24) is 0 Å². The second kappa shape index (κ2) is 15.6. The predicted molar refractivity (Wildman–Crippen MR) is 261 cm³/mol. The van der Waals surface area contributed by atoms with Crippen LogP contribution in [0.25, 0.3) is 88.0 Å². The Morgan fingerprint density at radius 2 is 0.721 bits per heavy atom. The maximum atomic E-state index is 9.67. The summed E-state index contributed by atoms with van der Waals surface area (Å²) < 4.78 is 38.4. The highest BCUT2D eigenvalue weighted by Gasteiger charge is 2.16. The van der Waals surface area contributed by atoms with E-state index in [-0.39, 0.29) is 35.4 Å². The van der Waals surface area contributed by atoms with Crippen molar-refractivity contribution in [2.24, 2.45) is 0 Å². The Hall–Kier alpha value is -8.00. The third-order valence-electron chi connectivity index (χ3n) is 11.7. The molecule has 0 aliphatic carbocycles. The second-order valence-electron chi connectivity index (χ2n) is 15.4. The first-order valence-electron chi connectivity index (χ1n) is 22.7. The van der Waals surface area contributed by atoms with Gasteiger partial charge in [-0.05, 0) is 143 Å². The standard InChI is InChI=1S/C60H41N/c1-2-13-42(14-3-1)47-18-10-19-48(39-47)43-27-33-52(34-28-43)61(54-37-31-46(32-38-54)60-41-51-16-5-7-23-57(51)58-24-8-9-25-59(58)60)53-35-29-44(30-36-53)49-20-11-21-50(40-49)56-26-12-17-45-15-4-6-22-55(45)56/h1-41H/i29D,30D,35D,36D. The fourth-order valence-electron chi connectivity index (χ4n) is 8.68. The molecule has 0 unspecified atom stereocenters. The molecule has 286 valence electrons. The van der Waals surface area contributed by atoms with Crippen LogP contribution in [0.3, 0.4) is 0 Å². The van der Waals surface area contributed by atoms with Gasteiger partial charge in [0.25, 0.3) is 0 Å². The van der Waals surface area contributed by atoms with Crippen molar-refractivity contribution in [2.45, 2.75) is 0 Å². The summed E-state index contributed by atoms with van der Waals surface area (Å²) in [5, 5.41) is 6.93. The van der Waals surface area contributed by atoms with Crippen molar-refractivity contribution in [3.63, 3.8) is 0 Å². The van der Waals surface area contributed by atoms with Gasteiger partial charge in [-0.2, -0.15) is 0 Å². The van der Waals surface area contributed by atoms with Crippen LogP contribution in [-0.2, 0) is 0 Å². The van der Waals surface area contributed by atoms with Crippen LogP contribution in [0.5, 0.6) is 0 Å². The molecule has 0 heterocycles. The van der Waals surface area contributed by atoms with Crippen LogP contribution in [0.1, 0.15) is 5.48 Å². The van der Waals surface area contributed by atoms with E-state index in [1.54, 1.807) is 0 Å². The Balaban J connectivity index is 1.04. The number of anilines is 3. The van der Waals surface area contributed by atoms with Gasteiger partial charge >= 0.3 is 0 Å². The fourth-order valence-corrected chi connectivity index (χ4v) is 8.68. The SMILES string of the molecule is [2H]c1c([2H])c(N(c2ccc(-c3cccc(-c4ccccc4)c3)cc2)c2ccc(-c3cc4ccccc4c4ccccc34)cc2)c([2H])c([2H])c1-c1cccc(-c2cccc3ccccc23)c1. The van der Waals surface area contributed by atoms with E-state index >= 15 is 0 Å². The van der Waals surface area contributed by atoms with Crippen LogP contribution < -0.4 is 4.90 Å². The van der Waals surface area contributed by atoms with E-state index in [1.165, 1.54) is 10.8 Å². The topological polar surface area (TPSA) is 3.24 Å². The monoisotopic (exact) mass is 779 g/mol. The van der Waals surface area contributed by atoms with Crippen molar-refractivity contribution in [3.8, 4) is 55.6 Å². The van der Waals surface area contributed by atoms with Crippen LogP contribution in [0.2, 0.25) is 0 Å². The highest BCUT2D eigenvalue weighted by Crippen LogP contribution is 2.41. The molecule has 0 saturated heterocycles. The summed E-state index contributed by atoms with van der Waals surface area (Å²) >= 11 is 0. The fraction of sp³-hybridized carbons (Fsp3) is 0. The second-order valence-corrected chi connectivity index (χ2v) is 15.4. The van der Waals surface area contributed by atoms with Gasteiger partial charge < -0.3 is 4.90 Å². The van der Waals surface area contributed by atoms with Gasteiger partial charge in [-0.3, -0.25) is 0 Å². The van der Waals surface area contributed by atoms with E-state index in [4.69, 9.17) is 0 Å². The Morgan fingerprint density at radius 1 is 0.246 bits per heavy atom. The van der Waals surface area contributed by atoms with Gasteiger partial charge in [-0.1, -0.05) is 194 Å². The van der Waals surface area contributed by atoms with Crippen molar-refractivity contribution >= 4 is 49.4 Å². The summed E-state index contributed by atoms with van der Waals surface area (Å²) in [5.41, 5.74) is 11.0. The van der Waals surface area contributed by atoms with E-state index in [2.05, 4.69) is 140 Å². The van der Waals surface area contributed by atoms with Gasteiger partial charge in [-0.25, -0.2) is 0 Å². The zero-order valence-corrected chi connectivity index (χ0v) is 33.3. The smallest absolute Gasteiger partial charge is 0.0645 e. The molecule has 61 heavy (non-hydrogen) atoms. The maximum Gasteiger partial charge on any atom is 0.0645 e. The van der Waals surface area contributed by atoms with Crippen LogP contribution in [0.15, 0.2) is 249 Å². The van der Waals surface area contributed by atoms with Crippen LogP contribution >= 0.6 is 0 Å². The lowest BCUT2D eigenvalue weighted by molar-refractivity contribution is 1.28. The molecule has 0 atom stereocenters. The summed E-state index contributed by atoms with van der Waals surface area (Å²) in [4.78, 5) is 1.86. The molecule has 11 aromatic rings. The quantitative estimate of drug-likeness (QED) is 0.139. The minimum Gasteiger partial charge on any atom is -0.311 e. The molecule has 0 spiro atoms. The number of nitrogens with zero attached hydrogens (tertiary/aromatic N) is 1. The van der Waals surface area contributed by atoms with Crippen molar-refractivity contribution in [2.75, 3.05) is 4.90 Å². The zero-order valence-electron chi connectivity index (χ0n) is 37.3. The van der Waals surface area contributed by atoms with Crippen molar-refractivity contribution < 1.29 is 5.48 Å². The number of fused-ring (bicyclic) bond motifs is 4. The summed E-state index contributed by atoms with van der Waals surface area (Å²) in [5.74, 6) is 0. The molecule has 11 rings (SSSR count). The normalized spacial score (nSPS) is 12.2. The van der Waals surface area contributed by atoms with Crippen LogP contribution in [0, 0.1) is 0 Å². The van der Waals surface area contributed by atoms with E-state index in [0.717, 1.165) is 66.1 Å². The molecule has 0 aromatic heterocycles. The number of benzene rings is 11. The molecule has 11 aromatic carbocycles. The molecule has 0 aliphatic rings. The Labute approximate surface area is 362 Å². The Bertz CT molecular complexity index is 3550. The number of hydrogen-bond acceptors (Lipinski definition) is 1. The highest BCUT2D eigenvalue weighted by molar-refractivity contribution is 6.13. The van der Waals surface area contributed by atoms with Crippen molar-refractivity contribution in [3.05, 3.63) is 249 Å². The summed E-state index contributed by atoms with van der Waals surface area (Å²) in [6.45, 7) is 0. The molecule has 0 amide bonds. The Morgan fingerprint density at radius 3 is 1.43 bits per heavy atom. The minimum atomic E-state index is -0.124. The minimum absolute atomic E-state index is 0.102. The highest BCUT2D eigenvalue weighted by atomic mass is 15.1. The average molecular weight is 780 g/mol. The lowest BCUT2D eigenvalue weighted by atomic mass is 9.93. The van der Waals surface area contributed by atoms with Crippen LogP contribution in [-0.4, -0.2) is 0 Å². The molecule has 1 nitrogen and oxygen atoms in total. The first-order valence-corrected chi connectivity index (χ1v) is 20.7. The van der Waals surface area contributed by atoms with Gasteiger partial charge in [0.15, 0.2) is 0 Å². The van der Waals surface area contributed by atoms with Crippen LogP contribution in [0.4, 0.5) is 17.1 Å². The first-order chi connectivity index (χ1) is 31.9. The third-order valence-corrected chi connectivity index (χ3v) is 11.7. The van der Waals surface area contributed by atoms with Gasteiger partial charge in [0, 0.05) is 17.1 Å². The van der Waals surface area contributed by atoms with Gasteiger partial charge in [-0.15, -0.1) is 0 Å². The van der Waals surface area contributed by atoms with Crippen molar-refractivity contribution in [1.29, 1.82) is 0 Å². The molecule has 0 aliphatic heterocycles. The van der Waals surface area contributed by atoms with E-state index in [9.17, 15) is 5.48 Å². The first kappa shape index (κ1) is 31.9. The molecule has 0 N–H and O–H groups in total. The van der Waals surface area contributed by atoms with Gasteiger partial charge in [0.05, 0.1) is 5.48 Å². The summed E-state index contributed by atoms with van der Waals surface area (Å²) in [6.07, 6.45) is 0.